The van der Waals surface area contributed by atoms with E-state index in [-0.39, 0.29) is 17.7 Å². The van der Waals surface area contributed by atoms with Crippen LogP contribution in [0.4, 0.5) is 0 Å². The fourth-order valence-corrected chi connectivity index (χ4v) is 5.28. The molecular formula is C28H30N2O6S. The van der Waals surface area contributed by atoms with E-state index < -0.39 is 12.0 Å². The predicted octanol–water partition coefficient (Wildman–Crippen LogP) is 3.60. The summed E-state index contributed by atoms with van der Waals surface area (Å²) < 4.78 is 24.4. The van der Waals surface area contributed by atoms with E-state index in [2.05, 4.69) is 4.99 Å². The highest BCUT2D eigenvalue weighted by Gasteiger charge is 2.36. The van der Waals surface area contributed by atoms with Gasteiger partial charge in [-0.2, -0.15) is 0 Å². The van der Waals surface area contributed by atoms with Crippen LogP contribution in [-0.2, 0) is 9.53 Å². The first-order valence-electron chi connectivity index (χ1n) is 12.1. The number of nitrogens with zero attached hydrogens (tertiary/aromatic N) is 2. The molecule has 0 saturated heterocycles. The second-order valence-electron chi connectivity index (χ2n) is 8.31. The molecule has 37 heavy (non-hydrogen) atoms. The molecule has 0 aliphatic carbocycles. The minimum atomic E-state index is -0.801. The van der Waals surface area contributed by atoms with Crippen molar-refractivity contribution in [1.29, 1.82) is 0 Å². The third kappa shape index (κ3) is 5.17. The van der Waals surface area contributed by atoms with Gasteiger partial charge in [0, 0.05) is 5.56 Å². The highest BCUT2D eigenvalue weighted by molar-refractivity contribution is 7.07. The van der Waals surface area contributed by atoms with E-state index in [1.54, 1.807) is 44.8 Å². The lowest BCUT2D eigenvalue weighted by molar-refractivity contribution is -0.139. The zero-order valence-corrected chi connectivity index (χ0v) is 22.4. The van der Waals surface area contributed by atoms with Gasteiger partial charge in [-0.15, -0.1) is 0 Å². The largest absolute Gasteiger partial charge is 0.497 e. The Morgan fingerprint density at radius 2 is 1.92 bits per heavy atom. The van der Waals surface area contributed by atoms with Crippen LogP contribution in [-0.4, -0.2) is 38.0 Å². The minimum Gasteiger partial charge on any atom is -0.497 e. The van der Waals surface area contributed by atoms with Crippen molar-refractivity contribution in [3.05, 3.63) is 84.5 Å². The van der Waals surface area contributed by atoms with Crippen molar-refractivity contribution in [2.24, 2.45) is 4.99 Å². The normalized spacial score (nSPS) is 15.2. The van der Waals surface area contributed by atoms with Crippen molar-refractivity contribution in [1.82, 2.24) is 4.57 Å². The number of thiazole rings is 1. The second kappa shape index (κ2) is 11.5. The molecule has 4 rings (SSSR count). The molecule has 0 unspecified atom stereocenters. The molecule has 0 saturated carbocycles. The van der Waals surface area contributed by atoms with Crippen molar-refractivity contribution in [2.75, 3.05) is 27.4 Å². The number of benzene rings is 2. The van der Waals surface area contributed by atoms with E-state index in [4.69, 9.17) is 18.9 Å². The Kier molecular flexibility index (Phi) is 8.13. The SMILES string of the molecule is CCCOc1c(OC)cccc1[C@@H]1C(C(=O)OCC)=C(C)N=c2s/c(=C/c3cccc(OC)c3)c(=O)n21. The van der Waals surface area contributed by atoms with E-state index in [1.807, 2.05) is 43.3 Å². The lowest BCUT2D eigenvalue weighted by atomic mass is 9.94. The van der Waals surface area contributed by atoms with Crippen LogP contribution in [0.2, 0.25) is 0 Å². The lowest BCUT2D eigenvalue weighted by Crippen LogP contribution is -2.40. The van der Waals surface area contributed by atoms with Gasteiger partial charge in [0.2, 0.25) is 0 Å². The molecule has 2 aromatic carbocycles. The Labute approximate surface area is 219 Å². The third-order valence-corrected chi connectivity index (χ3v) is 6.87. The summed E-state index contributed by atoms with van der Waals surface area (Å²) >= 11 is 1.26. The molecule has 1 aromatic heterocycles. The van der Waals surface area contributed by atoms with Crippen molar-refractivity contribution in [3.63, 3.8) is 0 Å². The van der Waals surface area contributed by atoms with Gasteiger partial charge in [0.25, 0.3) is 5.56 Å². The van der Waals surface area contributed by atoms with Crippen molar-refractivity contribution < 1.29 is 23.7 Å². The molecule has 0 N–H and O–H groups in total. The zero-order chi connectivity index (χ0) is 26.5. The van der Waals surface area contributed by atoms with Crippen LogP contribution in [0.3, 0.4) is 0 Å². The first-order chi connectivity index (χ1) is 17.9. The average Bonchev–Trinajstić information content (AvgIpc) is 3.20. The Hall–Kier alpha value is -3.85. The van der Waals surface area contributed by atoms with Gasteiger partial charge in [-0.3, -0.25) is 9.36 Å². The maximum Gasteiger partial charge on any atom is 0.338 e. The number of esters is 1. The standard InChI is InChI=1S/C28H30N2O6S/c1-6-14-36-25-20(12-9-13-21(25)34-5)24-23(27(32)35-7-2)17(3)29-28-30(24)26(31)22(37-28)16-18-10-8-11-19(15-18)33-4/h8-13,15-16,24H,6-7,14H2,1-5H3/b22-16+/t24-/m1/s1. The first kappa shape index (κ1) is 26.2. The average molecular weight is 523 g/mol. The van der Waals surface area contributed by atoms with E-state index in [0.29, 0.717) is 44.4 Å². The topological polar surface area (TPSA) is 88.4 Å². The molecule has 0 spiro atoms. The summed E-state index contributed by atoms with van der Waals surface area (Å²) in [5.74, 6) is 1.16. The number of rotatable bonds is 9. The summed E-state index contributed by atoms with van der Waals surface area (Å²) in [6.45, 7) is 6.14. The molecule has 2 heterocycles. The van der Waals surface area contributed by atoms with E-state index in [9.17, 15) is 9.59 Å². The molecule has 0 bridgehead atoms. The van der Waals surface area contributed by atoms with E-state index >= 15 is 0 Å². The molecule has 3 aromatic rings. The van der Waals surface area contributed by atoms with Gasteiger partial charge in [-0.1, -0.05) is 42.5 Å². The quantitative estimate of drug-likeness (QED) is 0.399. The Balaban J connectivity index is 2.00. The summed E-state index contributed by atoms with van der Waals surface area (Å²) in [6, 6.07) is 12.1. The van der Waals surface area contributed by atoms with Crippen LogP contribution in [0.5, 0.6) is 17.2 Å². The monoisotopic (exact) mass is 522 g/mol. The van der Waals surface area contributed by atoms with E-state index in [0.717, 1.165) is 12.0 Å². The minimum absolute atomic E-state index is 0.194. The number of fused-ring (bicyclic) bond motifs is 1. The van der Waals surface area contributed by atoms with Gasteiger partial charge in [-0.25, -0.2) is 9.79 Å². The Morgan fingerprint density at radius 3 is 2.62 bits per heavy atom. The number of methoxy groups -OCH3 is 2. The van der Waals surface area contributed by atoms with Crippen molar-refractivity contribution >= 4 is 23.4 Å². The summed E-state index contributed by atoms with van der Waals surface area (Å²) in [6.07, 6.45) is 2.58. The lowest BCUT2D eigenvalue weighted by Gasteiger charge is -2.27. The number of carbonyl (C=O) groups excluding carboxylic acids is 1. The number of ether oxygens (including phenoxy) is 4. The van der Waals surface area contributed by atoms with Gasteiger partial charge >= 0.3 is 5.97 Å². The molecule has 1 aliphatic rings. The summed E-state index contributed by atoms with van der Waals surface area (Å²) in [4.78, 5) is 32.2. The molecule has 0 radical (unpaired) electrons. The number of para-hydroxylation sites is 1. The highest BCUT2D eigenvalue weighted by atomic mass is 32.1. The van der Waals surface area contributed by atoms with Gasteiger partial charge < -0.3 is 18.9 Å². The van der Waals surface area contributed by atoms with Gasteiger partial charge in [-0.05, 0) is 50.1 Å². The summed E-state index contributed by atoms with van der Waals surface area (Å²) in [5, 5.41) is 0. The Bertz CT molecular complexity index is 1520. The number of carbonyl (C=O) groups is 1. The Morgan fingerprint density at radius 1 is 1.14 bits per heavy atom. The van der Waals surface area contributed by atoms with Gasteiger partial charge in [0.05, 0.1) is 43.2 Å². The molecule has 8 nitrogen and oxygen atoms in total. The summed E-state index contributed by atoms with van der Waals surface area (Å²) in [5.41, 5.74) is 1.95. The first-order valence-corrected chi connectivity index (χ1v) is 12.9. The number of hydrogen-bond acceptors (Lipinski definition) is 8. The van der Waals surface area contributed by atoms with Gasteiger partial charge in [0.1, 0.15) is 11.8 Å². The predicted molar refractivity (Wildman–Crippen MR) is 142 cm³/mol. The molecule has 9 heteroatoms. The van der Waals surface area contributed by atoms with Crippen molar-refractivity contribution in [3.8, 4) is 17.2 Å². The second-order valence-corrected chi connectivity index (χ2v) is 9.32. The molecule has 0 fully saturated rings. The van der Waals surface area contributed by atoms with Crippen LogP contribution in [0.25, 0.3) is 6.08 Å². The summed E-state index contributed by atoms with van der Waals surface area (Å²) in [7, 11) is 3.16. The zero-order valence-electron chi connectivity index (χ0n) is 21.6. The van der Waals surface area contributed by atoms with Crippen LogP contribution >= 0.6 is 11.3 Å². The van der Waals surface area contributed by atoms with Crippen LogP contribution in [0.15, 0.2) is 63.5 Å². The highest BCUT2D eigenvalue weighted by Crippen LogP contribution is 2.40. The number of aromatic nitrogens is 1. The fraction of sp³-hybridized carbons (Fsp3) is 0.321. The molecule has 1 atom stereocenters. The van der Waals surface area contributed by atoms with E-state index in [1.165, 1.54) is 11.3 Å². The smallest absolute Gasteiger partial charge is 0.338 e. The molecule has 0 amide bonds. The van der Waals surface area contributed by atoms with Crippen LogP contribution < -0.4 is 29.1 Å². The molecule has 1 aliphatic heterocycles. The molecular weight excluding hydrogens is 492 g/mol. The van der Waals surface area contributed by atoms with Crippen molar-refractivity contribution in [2.45, 2.75) is 33.2 Å². The third-order valence-electron chi connectivity index (χ3n) is 5.88. The maximum atomic E-state index is 13.9. The number of allylic oxidation sites excluding steroid dienone is 1. The van der Waals surface area contributed by atoms with Gasteiger partial charge in [0.15, 0.2) is 16.3 Å². The molecule has 194 valence electrons. The number of hydrogen-bond donors (Lipinski definition) is 0. The van der Waals surface area contributed by atoms with Crippen LogP contribution in [0.1, 0.15) is 44.4 Å². The maximum absolute atomic E-state index is 13.9. The fourth-order valence-electron chi connectivity index (χ4n) is 4.24. The van der Waals surface area contributed by atoms with Crippen LogP contribution in [0, 0.1) is 0 Å².